The number of anilines is 1. The van der Waals surface area contributed by atoms with Gasteiger partial charge in [0.25, 0.3) is 0 Å². The summed E-state index contributed by atoms with van der Waals surface area (Å²) in [6.45, 7) is 2.46. The van der Waals surface area contributed by atoms with Crippen molar-refractivity contribution in [3.63, 3.8) is 0 Å². The number of carbonyl (C=O) groups is 1. The molecule has 17 heavy (non-hydrogen) atoms. The van der Waals surface area contributed by atoms with Crippen molar-refractivity contribution in [2.75, 3.05) is 19.0 Å². The smallest absolute Gasteiger partial charge is 0.241 e. The van der Waals surface area contributed by atoms with E-state index in [0.717, 1.165) is 17.8 Å². The molecule has 0 aliphatic carbocycles. The molecule has 0 aromatic carbocycles. The number of amides is 1. The van der Waals surface area contributed by atoms with E-state index in [9.17, 15) is 4.79 Å². The number of hydrogen-bond acceptors (Lipinski definition) is 4. The van der Waals surface area contributed by atoms with Crippen LogP contribution in [0, 0.1) is 0 Å². The molecule has 0 bridgehead atoms. The largest absolute Gasteiger partial charge is 0.385 e. The average Bonchev–Trinajstić information content (AvgIpc) is 2.66. The molecule has 0 radical (unpaired) electrons. The molecule has 1 aromatic heterocycles. The van der Waals surface area contributed by atoms with Gasteiger partial charge >= 0.3 is 0 Å². The Hall–Kier alpha value is -1.40. The number of nitrogens with one attached hydrogen (secondary N) is 1. The minimum absolute atomic E-state index is 0.204. The Bertz CT molecular complexity index is 376. The van der Waals surface area contributed by atoms with Crippen LogP contribution in [-0.4, -0.2) is 35.4 Å². The lowest BCUT2D eigenvalue weighted by Crippen LogP contribution is -2.36. The van der Waals surface area contributed by atoms with Crippen molar-refractivity contribution < 1.29 is 9.53 Å². The second kappa shape index (κ2) is 6.36. The molecule has 3 N–H and O–H groups in total. The predicted molar refractivity (Wildman–Crippen MR) is 65.7 cm³/mol. The summed E-state index contributed by atoms with van der Waals surface area (Å²) in [5, 5.41) is 7.03. The van der Waals surface area contributed by atoms with Crippen LogP contribution in [0.3, 0.4) is 0 Å². The van der Waals surface area contributed by atoms with Crippen LogP contribution in [0.25, 0.3) is 0 Å². The van der Waals surface area contributed by atoms with Crippen molar-refractivity contribution in [1.82, 2.24) is 9.78 Å². The van der Waals surface area contributed by atoms with Crippen molar-refractivity contribution in [2.45, 2.75) is 25.8 Å². The summed E-state index contributed by atoms with van der Waals surface area (Å²) in [5.74, 6) is -0.204. The minimum atomic E-state index is -0.556. The number of aromatic nitrogens is 2. The van der Waals surface area contributed by atoms with E-state index in [4.69, 9.17) is 10.5 Å². The summed E-state index contributed by atoms with van der Waals surface area (Å²) in [7, 11) is 3.40. The molecule has 1 aromatic rings. The van der Waals surface area contributed by atoms with Crippen LogP contribution in [0.1, 0.15) is 19.0 Å². The van der Waals surface area contributed by atoms with Crippen LogP contribution < -0.4 is 11.1 Å². The zero-order chi connectivity index (χ0) is 12.8. The Morgan fingerprint density at radius 1 is 1.71 bits per heavy atom. The van der Waals surface area contributed by atoms with E-state index in [1.165, 1.54) is 0 Å². The highest BCUT2D eigenvalue weighted by atomic mass is 16.5. The van der Waals surface area contributed by atoms with Gasteiger partial charge in [0.1, 0.15) is 0 Å². The lowest BCUT2D eigenvalue weighted by Gasteiger charge is -2.11. The first kappa shape index (κ1) is 13.7. The number of carbonyl (C=O) groups excluding carboxylic acids is 1. The Morgan fingerprint density at radius 3 is 3.00 bits per heavy atom. The normalized spacial score (nSPS) is 12.5. The first-order chi connectivity index (χ1) is 8.08. The minimum Gasteiger partial charge on any atom is -0.385 e. The lowest BCUT2D eigenvalue weighted by molar-refractivity contribution is -0.117. The van der Waals surface area contributed by atoms with Crippen molar-refractivity contribution in [3.8, 4) is 0 Å². The molecule has 1 unspecified atom stereocenters. The highest BCUT2D eigenvalue weighted by molar-refractivity contribution is 5.95. The van der Waals surface area contributed by atoms with E-state index in [-0.39, 0.29) is 5.91 Å². The van der Waals surface area contributed by atoms with Gasteiger partial charge in [-0.3, -0.25) is 9.48 Å². The summed E-state index contributed by atoms with van der Waals surface area (Å²) in [4.78, 5) is 11.8. The fourth-order valence-corrected chi connectivity index (χ4v) is 1.50. The van der Waals surface area contributed by atoms with Crippen LogP contribution in [-0.2, 0) is 23.0 Å². The summed E-state index contributed by atoms with van der Waals surface area (Å²) < 4.78 is 6.56. The predicted octanol–water partition coefficient (Wildman–Crippen LogP) is 0.285. The standard InChI is InChI=1S/C11H20N4O2/c1-4-9-10(7-15(2)14-9)13-11(16)8(12)5-6-17-3/h7-8H,4-6,12H2,1-3H3,(H,13,16). The lowest BCUT2D eigenvalue weighted by atomic mass is 10.2. The van der Waals surface area contributed by atoms with Gasteiger partial charge in [0, 0.05) is 27.0 Å². The van der Waals surface area contributed by atoms with E-state index >= 15 is 0 Å². The maximum atomic E-state index is 11.8. The summed E-state index contributed by atoms with van der Waals surface area (Å²) in [5.41, 5.74) is 7.32. The Kier molecular flexibility index (Phi) is 5.11. The molecular formula is C11H20N4O2. The monoisotopic (exact) mass is 240 g/mol. The summed E-state index contributed by atoms with van der Waals surface area (Å²) in [6, 6.07) is -0.556. The van der Waals surface area contributed by atoms with E-state index < -0.39 is 6.04 Å². The topological polar surface area (TPSA) is 82.2 Å². The SMILES string of the molecule is CCc1nn(C)cc1NC(=O)C(N)CCOC. The number of aryl methyl sites for hydroxylation is 2. The first-order valence-electron chi connectivity index (χ1n) is 5.66. The number of nitrogens with two attached hydrogens (primary N) is 1. The molecular weight excluding hydrogens is 220 g/mol. The molecule has 0 aliphatic heterocycles. The highest BCUT2D eigenvalue weighted by Gasteiger charge is 2.15. The van der Waals surface area contributed by atoms with Gasteiger partial charge in [-0.1, -0.05) is 6.92 Å². The van der Waals surface area contributed by atoms with Gasteiger partial charge in [0.05, 0.1) is 17.4 Å². The quantitative estimate of drug-likeness (QED) is 0.748. The second-order valence-electron chi connectivity index (χ2n) is 3.89. The summed E-state index contributed by atoms with van der Waals surface area (Å²) >= 11 is 0. The third-order valence-electron chi connectivity index (χ3n) is 2.47. The van der Waals surface area contributed by atoms with E-state index in [0.29, 0.717) is 13.0 Å². The third kappa shape index (κ3) is 3.83. The zero-order valence-corrected chi connectivity index (χ0v) is 10.6. The number of methoxy groups -OCH3 is 1. The van der Waals surface area contributed by atoms with E-state index in [2.05, 4.69) is 10.4 Å². The van der Waals surface area contributed by atoms with Crippen molar-refractivity contribution in [3.05, 3.63) is 11.9 Å². The van der Waals surface area contributed by atoms with Crippen molar-refractivity contribution in [2.24, 2.45) is 12.8 Å². The molecule has 1 rings (SSSR count). The molecule has 1 atom stereocenters. The van der Waals surface area contributed by atoms with Gasteiger partial charge in [-0.2, -0.15) is 5.10 Å². The first-order valence-corrected chi connectivity index (χ1v) is 5.66. The molecule has 0 fully saturated rings. The number of nitrogens with zero attached hydrogens (tertiary/aromatic N) is 2. The van der Waals surface area contributed by atoms with Crippen molar-refractivity contribution in [1.29, 1.82) is 0 Å². The van der Waals surface area contributed by atoms with Gasteiger partial charge in [0.15, 0.2) is 0 Å². The second-order valence-corrected chi connectivity index (χ2v) is 3.89. The Morgan fingerprint density at radius 2 is 2.41 bits per heavy atom. The Labute approximate surface area is 101 Å². The molecule has 1 heterocycles. The molecule has 0 saturated heterocycles. The number of hydrogen-bond donors (Lipinski definition) is 2. The van der Waals surface area contributed by atoms with Crippen LogP contribution >= 0.6 is 0 Å². The van der Waals surface area contributed by atoms with Crippen molar-refractivity contribution >= 4 is 11.6 Å². The van der Waals surface area contributed by atoms with Gasteiger partial charge < -0.3 is 15.8 Å². The van der Waals surface area contributed by atoms with Gasteiger partial charge in [-0.25, -0.2) is 0 Å². The number of ether oxygens (including phenoxy) is 1. The van der Waals surface area contributed by atoms with E-state index in [1.54, 1.807) is 18.0 Å². The third-order valence-corrected chi connectivity index (χ3v) is 2.47. The maximum Gasteiger partial charge on any atom is 0.241 e. The molecule has 1 amide bonds. The van der Waals surface area contributed by atoms with Crippen LogP contribution in [0.15, 0.2) is 6.20 Å². The fraction of sp³-hybridized carbons (Fsp3) is 0.636. The fourth-order valence-electron chi connectivity index (χ4n) is 1.50. The average molecular weight is 240 g/mol. The van der Waals surface area contributed by atoms with E-state index in [1.807, 2.05) is 14.0 Å². The highest BCUT2D eigenvalue weighted by Crippen LogP contribution is 2.13. The van der Waals surface area contributed by atoms with Gasteiger partial charge in [0.2, 0.25) is 5.91 Å². The van der Waals surface area contributed by atoms with Gasteiger partial charge in [-0.05, 0) is 12.8 Å². The van der Waals surface area contributed by atoms with Gasteiger partial charge in [-0.15, -0.1) is 0 Å². The number of rotatable bonds is 6. The van der Waals surface area contributed by atoms with Crippen LogP contribution in [0.2, 0.25) is 0 Å². The van der Waals surface area contributed by atoms with Crippen LogP contribution in [0.5, 0.6) is 0 Å². The molecule has 6 heteroatoms. The zero-order valence-electron chi connectivity index (χ0n) is 10.6. The molecule has 0 saturated carbocycles. The molecule has 0 spiro atoms. The summed E-state index contributed by atoms with van der Waals surface area (Å²) in [6.07, 6.45) is 3.05. The Balaban J connectivity index is 2.60. The molecule has 0 aliphatic rings. The maximum absolute atomic E-state index is 11.8. The molecule has 96 valence electrons. The molecule has 6 nitrogen and oxygen atoms in total. The van der Waals surface area contributed by atoms with Crippen LogP contribution in [0.4, 0.5) is 5.69 Å².